The summed E-state index contributed by atoms with van der Waals surface area (Å²) in [5, 5.41) is 0. The summed E-state index contributed by atoms with van der Waals surface area (Å²) in [5.41, 5.74) is 0. The van der Waals surface area contributed by atoms with Crippen molar-refractivity contribution in [1.82, 2.24) is 0 Å². The molecule has 0 aromatic carbocycles. The van der Waals surface area contributed by atoms with Crippen LogP contribution >= 0.6 is 11.3 Å². The monoisotopic (exact) mass is 166 g/mol. The Morgan fingerprint density at radius 1 is 1.45 bits per heavy atom. The van der Waals surface area contributed by atoms with E-state index in [1.165, 1.54) is 16.2 Å². The van der Waals surface area contributed by atoms with Gasteiger partial charge in [-0.25, -0.2) is 0 Å². The van der Waals surface area contributed by atoms with Gasteiger partial charge in [-0.3, -0.25) is 0 Å². The number of thiophene rings is 1. The largest absolute Gasteiger partial charge is 0.145 e. The molecule has 1 heterocycles. The summed E-state index contributed by atoms with van der Waals surface area (Å²) >= 11 is 1.93. The van der Waals surface area contributed by atoms with E-state index in [0.29, 0.717) is 0 Å². The number of aryl methyl sites for hydroxylation is 2. The van der Waals surface area contributed by atoms with Crippen molar-refractivity contribution in [3.63, 3.8) is 0 Å². The number of allylic oxidation sites excluding steroid dienone is 1. The van der Waals surface area contributed by atoms with Crippen molar-refractivity contribution in [3.8, 4) is 0 Å². The van der Waals surface area contributed by atoms with Crippen LogP contribution in [0.1, 0.15) is 23.1 Å². The summed E-state index contributed by atoms with van der Waals surface area (Å²) in [6, 6.07) is 4.45. The first-order valence-corrected chi connectivity index (χ1v) is 4.87. The molecule has 1 aromatic rings. The van der Waals surface area contributed by atoms with E-state index in [1.807, 2.05) is 17.4 Å². The highest BCUT2D eigenvalue weighted by atomic mass is 32.1. The maximum absolute atomic E-state index is 3.71. The zero-order valence-corrected chi connectivity index (χ0v) is 7.79. The number of hydrogen-bond donors (Lipinski definition) is 0. The Morgan fingerprint density at radius 2 is 2.18 bits per heavy atom. The van der Waals surface area contributed by atoms with Crippen LogP contribution in [0.25, 0.3) is 0 Å². The second-order valence-electron chi connectivity index (χ2n) is 2.55. The number of hydrogen-bond acceptors (Lipinski definition) is 1. The summed E-state index contributed by atoms with van der Waals surface area (Å²) in [5.74, 6) is 0. The Morgan fingerprint density at radius 3 is 2.73 bits per heavy atom. The van der Waals surface area contributed by atoms with Gasteiger partial charge in [0.05, 0.1) is 0 Å². The van der Waals surface area contributed by atoms with Gasteiger partial charge < -0.3 is 0 Å². The Hall–Kier alpha value is -0.560. The van der Waals surface area contributed by atoms with E-state index in [-0.39, 0.29) is 0 Å². The first-order valence-electron chi connectivity index (χ1n) is 4.05. The fourth-order valence-corrected chi connectivity index (χ4v) is 1.96. The predicted octanol–water partition coefficient (Wildman–Crippen LogP) is 3.43. The van der Waals surface area contributed by atoms with Gasteiger partial charge in [-0.2, -0.15) is 0 Å². The van der Waals surface area contributed by atoms with Gasteiger partial charge in [0.2, 0.25) is 0 Å². The lowest BCUT2D eigenvalue weighted by Gasteiger charge is -1.89. The Labute approximate surface area is 72.6 Å². The second kappa shape index (κ2) is 4.35. The standard InChI is InChI=1S/C10H14S/c1-3-5-6-10-8-7-9(4-2)11-10/h3,7-8H,1,4-6H2,2H3. The van der Waals surface area contributed by atoms with Gasteiger partial charge in [0, 0.05) is 9.75 Å². The van der Waals surface area contributed by atoms with Crippen LogP contribution in [0, 0.1) is 0 Å². The summed E-state index contributed by atoms with van der Waals surface area (Å²) in [6.07, 6.45) is 5.40. The minimum absolute atomic E-state index is 1.10. The van der Waals surface area contributed by atoms with E-state index >= 15 is 0 Å². The molecule has 0 amide bonds. The lowest BCUT2D eigenvalue weighted by Crippen LogP contribution is -1.73. The lowest BCUT2D eigenvalue weighted by molar-refractivity contribution is 1.03. The van der Waals surface area contributed by atoms with Crippen LogP contribution in [-0.2, 0) is 12.8 Å². The molecule has 0 aliphatic heterocycles. The van der Waals surface area contributed by atoms with Crippen LogP contribution in [0.15, 0.2) is 24.8 Å². The van der Waals surface area contributed by atoms with Crippen LogP contribution in [-0.4, -0.2) is 0 Å². The molecule has 0 saturated carbocycles. The van der Waals surface area contributed by atoms with Gasteiger partial charge in [0.15, 0.2) is 0 Å². The quantitative estimate of drug-likeness (QED) is 0.601. The molecule has 0 aliphatic carbocycles. The maximum Gasteiger partial charge on any atom is 0.00512 e. The molecular formula is C10H14S. The van der Waals surface area contributed by atoms with Crippen molar-refractivity contribution in [2.45, 2.75) is 26.2 Å². The SMILES string of the molecule is C=CCCc1ccc(CC)s1. The minimum atomic E-state index is 1.10. The van der Waals surface area contributed by atoms with Crippen molar-refractivity contribution in [2.24, 2.45) is 0 Å². The molecule has 0 N–H and O–H groups in total. The lowest BCUT2D eigenvalue weighted by atomic mass is 10.2. The van der Waals surface area contributed by atoms with E-state index in [1.54, 1.807) is 0 Å². The van der Waals surface area contributed by atoms with E-state index < -0.39 is 0 Å². The average molecular weight is 166 g/mol. The summed E-state index contributed by atoms with van der Waals surface area (Å²) in [7, 11) is 0. The second-order valence-corrected chi connectivity index (χ2v) is 3.80. The highest BCUT2D eigenvalue weighted by molar-refractivity contribution is 7.11. The van der Waals surface area contributed by atoms with Crippen LogP contribution in [0.3, 0.4) is 0 Å². The third-order valence-electron chi connectivity index (χ3n) is 1.66. The molecule has 0 nitrogen and oxygen atoms in total. The van der Waals surface area contributed by atoms with Gasteiger partial charge in [0.1, 0.15) is 0 Å². The smallest absolute Gasteiger partial charge is 0.00512 e. The van der Waals surface area contributed by atoms with Crippen LogP contribution in [0.5, 0.6) is 0 Å². The Balaban J connectivity index is 2.50. The topological polar surface area (TPSA) is 0 Å². The fourth-order valence-electron chi connectivity index (χ4n) is 0.991. The molecule has 0 aliphatic rings. The van der Waals surface area contributed by atoms with Gasteiger partial charge in [0.25, 0.3) is 0 Å². The van der Waals surface area contributed by atoms with E-state index in [0.717, 1.165) is 12.8 Å². The molecule has 0 radical (unpaired) electrons. The van der Waals surface area contributed by atoms with Gasteiger partial charge >= 0.3 is 0 Å². The predicted molar refractivity (Wildman–Crippen MR) is 52.2 cm³/mol. The molecule has 0 unspecified atom stereocenters. The van der Waals surface area contributed by atoms with E-state index in [4.69, 9.17) is 0 Å². The van der Waals surface area contributed by atoms with Gasteiger partial charge in [-0.15, -0.1) is 17.9 Å². The summed E-state index contributed by atoms with van der Waals surface area (Å²) < 4.78 is 0. The molecule has 0 bridgehead atoms. The van der Waals surface area contributed by atoms with Crippen LogP contribution < -0.4 is 0 Å². The normalized spacial score (nSPS) is 9.91. The Bertz CT molecular complexity index is 223. The summed E-state index contributed by atoms with van der Waals surface area (Å²) in [4.78, 5) is 2.98. The molecule has 11 heavy (non-hydrogen) atoms. The zero-order valence-electron chi connectivity index (χ0n) is 6.97. The van der Waals surface area contributed by atoms with Crippen molar-refractivity contribution in [2.75, 3.05) is 0 Å². The minimum Gasteiger partial charge on any atom is -0.145 e. The molecular weight excluding hydrogens is 152 g/mol. The molecule has 0 spiro atoms. The molecule has 60 valence electrons. The third kappa shape index (κ3) is 2.51. The van der Waals surface area contributed by atoms with Gasteiger partial charge in [-0.05, 0) is 31.4 Å². The third-order valence-corrected chi connectivity index (χ3v) is 2.95. The first kappa shape index (κ1) is 8.54. The molecule has 0 fully saturated rings. The fraction of sp³-hybridized carbons (Fsp3) is 0.400. The van der Waals surface area contributed by atoms with Crippen LogP contribution in [0.4, 0.5) is 0 Å². The summed E-state index contributed by atoms with van der Waals surface area (Å²) in [6.45, 7) is 5.90. The number of rotatable bonds is 4. The first-order chi connectivity index (χ1) is 5.36. The highest BCUT2D eigenvalue weighted by Gasteiger charge is 1.95. The zero-order chi connectivity index (χ0) is 8.10. The van der Waals surface area contributed by atoms with Crippen molar-refractivity contribution < 1.29 is 0 Å². The molecule has 1 heteroatoms. The van der Waals surface area contributed by atoms with Gasteiger partial charge in [-0.1, -0.05) is 13.0 Å². The van der Waals surface area contributed by atoms with E-state index in [9.17, 15) is 0 Å². The molecule has 0 saturated heterocycles. The Kier molecular flexibility index (Phi) is 3.37. The maximum atomic E-state index is 3.71. The molecule has 0 atom stereocenters. The average Bonchev–Trinajstić information content (AvgIpc) is 2.48. The van der Waals surface area contributed by atoms with Crippen molar-refractivity contribution >= 4 is 11.3 Å². The highest BCUT2D eigenvalue weighted by Crippen LogP contribution is 2.18. The van der Waals surface area contributed by atoms with Crippen LogP contribution in [0.2, 0.25) is 0 Å². The molecule has 1 rings (SSSR count). The van der Waals surface area contributed by atoms with E-state index in [2.05, 4.69) is 25.6 Å². The van der Waals surface area contributed by atoms with Crippen molar-refractivity contribution in [3.05, 3.63) is 34.5 Å². The van der Waals surface area contributed by atoms with Crippen molar-refractivity contribution in [1.29, 1.82) is 0 Å². The molecule has 1 aromatic heterocycles.